The second kappa shape index (κ2) is 10.6. The molecule has 4 nitrogen and oxygen atoms in total. The summed E-state index contributed by atoms with van der Waals surface area (Å²) in [6, 6.07) is 0. The van der Waals surface area contributed by atoms with Crippen molar-refractivity contribution in [2.45, 2.75) is 60.1 Å². The predicted molar refractivity (Wildman–Crippen MR) is 80.0 cm³/mol. The summed E-state index contributed by atoms with van der Waals surface area (Å²) >= 11 is 0. The van der Waals surface area contributed by atoms with Crippen LogP contribution < -0.4 is 10.8 Å². The molecular formula is C15H34N2O2. The maximum Gasteiger partial charge on any atom is 0.129 e. The van der Waals surface area contributed by atoms with Gasteiger partial charge in [-0.3, -0.25) is 0 Å². The smallest absolute Gasteiger partial charge is 0.129 e. The Morgan fingerprint density at radius 1 is 1.05 bits per heavy atom. The molecule has 0 unspecified atom stereocenters. The van der Waals surface area contributed by atoms with Gasteiger partial charge in [0.15, 0.2) is 0 Å². The van der Waals surface area contributed by atoms with Crippen LogP contribution in [0.4, 0.5) is 0 Å². The zero-order chi connectivity index (χ0) is 14.8. The van der Waals surface area contributed by atoms with E-state index in [2.05, 4.69) is 39.9 Å². The van der Waals surface area contributed by atoms with Gasteiger partial charge in [-0.05, 0) is 43.7 Å². The monoisotopic (exact) mass is 274 g/mol. The summed E-state index contributed by atoms with van der Waals surface area (Å²) in [4.78, 5) is 0. The molecular weight excluding hydrogens is 240 g/mol. The summed E-state index contributed by atoms with van der Waals surface area (Å²) < 4.78 is 0. The van der Waals surface area contributed by atoms with Crippen molar-refractivity contribution in [2.75, 3.05) is 13.1 Å². The van der Waals surface area contributed by atoms with Gasteiger partial charge >= 0.3 is 0 Å². The fourth-order valence-electron chi connectivity index (χ4n) is 2.61. The first-order chi connectivity index (χ1) is 8.97. The quantitative estimate of drug-likeness (QED) is 0.345. The maximum atomic E-state index is 9.80. The summed E-state index contributed by atoms with van der Waals surface area (Å²) in [6.45, 7) is 12.9. The van der Waals surface area contributed by atoms with E-state index in [-0.39, 0.29) is 5.92 Å². The summed E-state index contributed by atoms with van der Waals surface area (Å²) in [7, 11) is 0. The molecule has 0 aromatic rings. The Balaban J connectivity index is 4.40. The third kappa shape index (κ3) is 7.25. The van der Waals surface area contributed by atoms with Gasteiger partial charge < -0.3 is 15.6 Å². The Kier molecular flexibility index (Phi) is 10.5. The van der Waals surface area contributed by atoms with Crippen LogP contribution in [0.5, 0.6) is 0 Å². The van der Waals surface area contributed by atoms with Crippen molar-refractivity contribution in [1.82, 2.24) is 10.8 Å². The third-order valence-electron chi connectivity index (χ3n) is 4.37. The van der Waals surface area contributed by atoms with Gasteiger partial charge in [-0.2, -0.15) is 5.48 Å². The molecule has 0 aliphatic rings. The minimum absolute atomic E-state index is 0.0955. The largest absolute Gasteiger partial charge is 0.376 e. The molecule has 0 saturated carbocycles. The van der Waals surface area contributed by atoms with E-state index in [4.69, 9.17) is 5.21 Å². The molecule has 0 saturated heterocycles. The van der Waals surface area contributed by atoms with Crippen LogP contribution in [0.1, 0.15) is 53.9 Å². The van der Waals surface area contributed by atoms with Crippen LogP contribution in [0.15, 0.2) is 0 Å². The zero-order valence-corrected chi connectivity index (χ0v) is 13.3. The van der Waals surface area contributed by atoms with Crippen molar-refractivity contribution in [3.05, 3.63) is 0 Å². The molecule has 19 heavy (non-hydrogen) atoms. The van der Waals surface area contributed by atoms with E-state index in [1.165, 1.54) is 6.42 Å². The number of nitrogens with one attached hydrogen (secondary N) is 2. The predicted octanol–water partition coefficient (Wildman–Crippen LogP) is 2.61. The minimum Gasteiger partial charge on any atom is -0.376 e. The minimum atomic E-state index is -0.822. The van der Waals surface area contributed by atoms with E-state index in [1.807, 2.05) is 5.48 Å². The highest BCUT2D eigenvalue weighted by atomic mass is 16.5. The number of aliphatic hydroxyl groups excluding tert-OH is 1. The van der Waals surface area contributed by atoms with Crippen LogP contribution in [0.3, 0.4) is 0 Å². The van der Waals surface area contributed by atoms with Crippen molar-refractivity contribution in [2.24, 2.45) is 23.7 Å². The van der Waals surface area contributed by atoms with Crippen molar-refractivity contribution in [1.29, 1.82) is 0 Å². The molecule has 0 fully saturated rings. The molecule has 0 aromatic carbocycles. The Labute approximate surface area is 118 Å². The highest BCUT2D eigenvalue weighted by molar-refractivity contribution is 4.74. The van der Waals surface area contributed by atoms with Gasteiger partial charge in [0.2, 0.25) is 0 Å². The normalized spacial score (nSPS) is 18.3. The number of hydroxylamine groups is 1. The molecule has 0 aliphatic carbocycles. The van der Waals surface area contributed by atoms with Crippen molar-refractivity contribution in [3.8, 4) is 0 Å². The number of hydrogen-bond acceptors (Lipinski definition) is 4. The molecule has 0 bridgehead atoms. The molecule has 4 heteroatoms. The van der Waals surface area contributed by atoms with Gasteiger partial charge in [0, 0.05) is 5.92 Å². The van der Waals surface area contributed by atoms with Gasteiger partial charge in [0.25, 0.3) is 0 Å². The van der Waals surface area contributed by atoms with Crippen LogP contribution in [0.25, 0.3) is 0 Å². The number of aliphatic hydroxyl groups is 1. The SMILES string of the molecule is CCNC[C@@H](CC[C@H](C(C)C)[C@@H](O)NO)[C@@H](C)CC. The highest BCUT2D eigenvalue weighted by Crippen LogP contribution is 2.26. The van der Waals surface area contributed by atoms with Crippen LogP contribution in [-0.4, -0.2) is 29.6 Å². The Bertz CT molecular complexity index is 212. The molecule has 0 aliphatic heterocycles. The van der Waals surface area contributed by atoms with Gasteiger partial charge in [-0.1, -0.05) is 41.0 Å². The lowest BCUT2D eigenvalue weighted by Crippen LogP contribution is -2.37. The molecule has 0 spiro atoms. The molecule has 0 aromatic heterocycles. The molecule has 0 radical (unpaired) electrons. The molecule has 0 rings (SSSR count). The molecule has 0 amide bonds. The summed E-state index contributed by atoms with van der Waals surface area (Å²) in [5.74, 6) is 1.77. The van der Waals surface area contributed by atoms with E-state index in [1.54, 1.807) is 0 Å². The van der Waals surface area contributed by atoms with E-state index >= 15 is 0 Å². The van der Waals surface area contributed by atoms with Crippen LogP contribution >= 0.6 is 0 Å². The maximum absolute atomic E-state index is 9.80. The fourth-order valence-corrected chi connectivity index (χ4v) is 2.61. The average molecular weight is 274 g/mol. The second-order valence-corrected chi connectivity index (χ2v) is 6.01. The van der Waals surface area contributed by atoms with Crippen molar-refractivity contribution >= 4 is 0 Å². The zero-order valence-electron chi connectivity index (χ0n) is 13.3. The lowest BCUT2D eigenvalue weighted by atomic mass is 9.82. The highest BCUT2D eigenvalue weighted by Gasteiger charge is 2.24. The molecule has 4 N–H and O–H groups in total. The summed E-state index contributed by atoms with van der Waals surface area (Å²) in [5.41, 5.74) is 2.00. The first kappa shape index (κ1) is 18.8. The van der Waals surface area contributed by atoms with Crippen molar-refractivity contribution in [3.63, 3.8) is 0 Å². The first-order valence-corrected chi connectivity index (χ1v) is 7.76. The Morgan fingerprint density at radius 2 is 1.68 bits per heavy atom. The van der Waals surface area contributed by atoms with E-state index in [0.717, 1.165) is 25.9 Å². The van der Waals surface area contributed by atoms with Gasteiger partial charge in [0.1, 0.15) is 6.23 Å². The Hall–Kier alpha value is -0.160. The first-order valence-electron chi connectivity index (χ1n) is 7.76. The van der Waals surface area contributed by atoms with Gasteiger partial charge in [-0.25, -0.2) is 0 Å². The van der Waals surface area contributed by atoms with Gasteiger partial charge in [0.05, 0.1) is 0 Å². The lowest BCUT2D eigenvalue weighted by Gasteiger charge is -2.29. The topological polar surface area (TPSA) is 64.5 Å². The van der Waals surface area contributed by atoms with Gasteiger partial charge in [-0.15, -0.1) is 0 Å². The van der Waals surface area contributed by atoms with Crippen LogP contribution in [0, 0.1) is 23.7 Å². The van der Waals surface area contributed by atoms with E-state index in [9.17, 15) is 5.11 Å². The summed E-state index contributed by atoms with van der Waals surface area (Å²) in [5, 5.41) is 22.1. The molecule has 0 heterocycles. The molecule has 4 atom stereocenters. The van der Waals surface area contributed by atoms with E-state index < -0.39 is 6.23 Å². The fraction of sp³-hybridized carbons (Fsp3) is 1.00. The number of rotatable bonds is 11. The average Bonchev–Trinajstić information content (AvgIpc) is 2.40. The second-order valence-electron chi connectivity index (χ2n) is 6.01. The Morgan fingerprint density at radius 3 is 2.11 bits per heavy atom. The summed E-state index contributed by atoms with van der Waals surface area (Å²) in [6.07, 6.45) is 2.39. The van der Waals surface area contributed by atoms with E-state index in [0.29, 0.717) is 17.8 Å². The standard InChI is InChI=1S/C15H34N2O2/c1-6-12(5)13(10-16-7-2)8-9-14(11(3)4)15(18)17-19/h11-19H,6-10H2,1-5H3/t12-,13+,14+,15+/m0/s1. The van der Waals surface area contributed by atoms with Crippen LogP contribution in [-0.2, 0) is 0 Å². The lowest BCUT2D eigenvalue weighted by molar-refractivity contribution is -0.0504. The third-order valence-corrected chi connectivity index (χ3v) is 4.37. The number of hydrogen-bond donors (Lipinski definition) is 4. The molecule has 116 valence electrons. The van der Waals surface area contributed by atoms with Crippen molar-refractivity contribution < 1.29 is 10.3 Å². The van der Waals surface area contributed by atoms with Crippen LogP contribution in [0.2, 0.25) is 0 Å².